The summed E-state index contributed by atoms with van der Waals surface area (Å²) in [5.41, 5.74) is 3.63. The summed E-state index contributed by atoms with van der Waals surface area (Å²) in [6, 6.07) is 0. The maximum absolute atomic E-state index is 11.2. The van der Waals surface area contributed by atoms with Crippen LogP contribution in [0.4, 0.5) is 11.5 Å². The molecule has 0 amide bonds. The van der Waals surface area contributed by atoms with Crippen LogP contribution in [0.15, 0.2) is 12.5 Å². The summed E-state index contributed by atoms with van der Waals surface area (Å²) in [7, 11) is 0. The van der Waals surface area contributed by atoms with Gasteiger partial charge in [-0.05, 0) is 6.92 Å². The first-order chi connectivity index (χ1) is 11.8. The summed E-state index contributed by atoms with van der Waals surface area (Å²) in [4.78, 5) is 18.3. The van der Waals surface area contributed by atoms with Gasteiger partial charge in [-0.25, -0.2) is 9.97 Å². The zero-order valence-electron chi connectivity index (χ0n) is 14.0. The first-order valence-electron chi connectivity index (χ1n) is 7.71. The van der Waals surface area contributed by atoms with E-state index in [0.29, 0.717) is 0 Å². The van der Waals surface area contributed by atoms with Crippen molar-refractivity contribution in [1.82, 2.24) is 14.5 Å². The van der Waals surface area contributed by atoms with Crippen molar-refractivity contribution in [2.45, 2.75) is 44.8 Å². The van der Waals surface area contributed by atoms with Crippen molar-refractivity contribution in [2.75, 3.05) is 12.3 Å². The smallest absolute Gasteiger partial charge is 0.300 e. The average Bonchev–Trinajstić information content (AvgIpc) is 3.07. The number of aliphatic hydroxyl groups excluding tert-OH is 2. The van der Waals surface area contributed by atoms with Crippen LogP contribution in [0.1, 0.15) is 27.0 Å². The molecule has 1 aliphatic rings. The van der Waals surface area contributed by atoms with Crippen molar-refractivity contribution >= 4 is 22.5 Å². The topological polar surface area (TPSA) is 170 Å². The molecular formula is C14H21N5O6. The maximum atomic E-state index is 11.2. The molecule has 25 heavy (non-hydrogen) atoms. The highest BCUT2D eigenvalue weighted by molar-refractivity contribution is 5.95. The SMILES string of the molecule is CC.CC1(O)C(O)C(CO)OC1n1cc([N+](=O)[O-])c2c(N)ncnc21. The van der Waals surface area contributed by atoms with Gasteiger partial charge in [0.1, 0.15) is 35.3 Å². The van der Waals surface area contributed by atoms with Gasteiger partial charge < -0.3 is 25.8 Å². The molecule has 4 atom stereocenters. The molecule has 3 heterocycles. The van der Waals surface area contributed by atoms with Crippen molar-refractivity contribution in [3.63, 3.8) is 0 Å². The minimum absolute atomic E-state index is 0.0128. The second-order valence-corrected chi connectivity index (χ2v) is 5.52. The summed E-state index contributed by atoms with van der Waals surface area (Å²) in [6.07, 6.45) is -1.37. The van der Waals surface area contributed by atoms with Crippen LogP contribution in [0.25, 0.3) is 11.0 Å². The zero-order valence-corrected chi connectivity index (χ0v) is 14.0. The van der Waals surface area contributed by atoms with E-state index in [1.165, 1.54) is 11.5 Å². The highest BCUT2D eigenvalue weighted by Crippen LogP contribution is 2.42. The number of hydrogen-bond acceptors (Lipinski definition) is 9. The third-order valence-electron chi connectivity index (χ3n) is 4.00. The quantitative estimate of drug-likeness (QED) is 0.435. The van der Waals surface area contributed by atoms with Gasteiger partial charge in [0.2, 0.25) is 0 Å². The van der Waals surface area contributed by atoms with Crippen molar-refractivity contribution in [3.8, 4) is 0 Å². The van der Waals surface area contributed by atoms with Gasteiger partial charge in [0.25, 0.3) is 5.69 Å². The third-order valence-corrected chi connectivity index (χ3v) is 4.00. The summed E-state index contributed by atoms with van der Waals surface area (Å²) in [5.74, 6) is -0.0858. The first kappa shape index (κ1) is 19.0. The van der Waals surface area contributed by atoms with E-state index in [9.17, 15) is 25.4 Å². The lowest BCUT2D eigenvalue weighted by Gasteiger charge is -2.27. The van der Waals surface area contributed by atoms with Gasteiger partial charge >= 0.3 is 0 Å². The molecule has 0 saturated carbocycles. The molecule has 1 saturated heterocycles. The molecule has 1 fully saturated rings. The number of aliphatic hydroxyl groups is 3. The van der Waals surface area contributed by atoms with Gasteiger partial charge in [0.05, 0.1) is 17.7 Å². The van der Waals surface area contributed by atoms with Gasteiger partial charge in [-0.3, -0.25) is 14.7 Å². The molecule has 3 rings (SSSR count). The Morgan fingerprint density at radius 2 is 2.12 bits per heavy atom. The van der Waals surface area contributed by atoms with Crippen molar-refractivity contribution in [1.29, 1.82) is 0 Å². The predicted octanol–water partition coefficient (Wildman–Crippen LogP) is -0.0505. The number of fused-ring (bicyclic) bond motifs is 1. The van der Waals surface area contributed by atoms with Crippen molar-refractivity contribution in [2.24, 2.45) is 0 Å². The molecule has 11 nitrogen and oxygen atoms in total. The minimum atomic E-state index is -1.80. The van der Waals surface area contributed by atoms with Gasteiger partial charge in [0.15, 0.2) is 11.9 Å². The zero-order chi connectivity index (χ0) is 18.9. The Morgan fingerprint density at radius 3 is 2.64 bits per heavy atom. The molecule has 1 aliphatic heterocycles. The van der Waals surface area contributed by atoms with Gasteiger partial charge in [-0.15, -0.1) is 0 Å². The average molecular weight is 355 g/mol. The van der Waals surface area contributed by atoms with E-state index in [-0.39, 0.29) is 22.5 Å². The fraction of sp³-hybridized carbons (Fsp3) is 0.571. The lowest BCUT2D eigenvalue weighted by molar-refractivity contribution is -0.383. The van der Waals surface area contributed by atoms with Gasteiger partial charge in [-0.2, -0.15) is 0 Å². The standard InChI is InChI=1S/C12H15N5O6.C2H6/c1-12(20)8(19)6(3-18)23-11(12)16-2-5(17(21)22)7-9(13)14-4-15-10(7)16;1-2/h2,4,6,8,11,18-20H,3H2,1H3,(H2,13,14,15);1-2H3. The fourth-order valence-electron chi connectivity index (χ4n) is 2.80. The molecule has 11 heteroatoms. The third kappa shape index (κ3) is 2.91. The van der Waals surface area contributed by atoms with Crippen LogP contribution in [0, 0.1) is 10.1 Å². The number of nitro groups is 1. The normalized spacial score (nSPS) is 28.6. The van der Waals surface area contributed by atoms with Crippen LogP contribution in [0.5, 0.6) is 0 Å². The lowest BCUT2D eigenvalue weighted by Crippen LogP contribution is -2.44. The van der Waals surface area contributed by atoms with Crippen LogP contribution in [-0.4, -0.2) is 59.2 Å². The Morgan fingerprint density at radius 1 is 1.48 bits per heavy atom. The molecule has 0 aliphatic carbocycles. The summed E-state index contributed by atoms with van der Waals surface area (Å²) < 4.78 is 6.67. The Hall–Kier alpha value is -2.34. The molecule has 0 aromatic carbocycles. The Bertz CT molecular complexity index is 776. The van der Waals surface area contributed by atoms with Crippen LogP contribution in [-0.2, 0) is 4.74 Å². The van der Waals surface area contributed by atoms with Gasteiger partial charge in [-0.1, -0.05) is 13.8 Å². The Labute approximate surface area is 142 Å². The van der Waals surface area contributed by atoms with Crippen LogP contribution < -0.4 is 5.73 Å². The van der Waals surface area contributed by atoms with Gasteiger partial charge in [0, 0.05) is 0 Å². The molecule has 0 bridgehead atoms. The van der Waals surface area contributed by atoms with E-state index in [1.54, 1.807) is 0 Å². The first-order valence-corrected chi connectivity index (χ1v) is 7.71. The molecule has 0 radical (unpaired) electrons. The Kier molecular flexibility index (Phi) is 5.23. The molecule has 2 aromatic heterocycles. The minimum Gasteiger partial charge on any atom is -0.394 e. The number of aromatic nitrogens is 3. The van der Waals surface area contributed by atoms with E-state index in [1.807, 2.05) is 13.8 Å². The highest BCUT2D eigenvalue weighted by Gasteiger charge is 2.53. The number of hydrogen-bond donors (Lipinski definition) is 4. The van der Waals surface area contributed by atoms with Crippen LogP contribution in [0.3, 0.4) is 0 Å². The fourth-order valence-corrected chi connectivity index (χ4v) is 2.80. The van der Waals surface area contributed by atoms with E-state index in [0.717, 1.165) is 12.5 Å². The second kappa shape index (κ2) is 6.88. The summed E-state index contributed by atoms with van der Waals surface area (Å²) in [6.45, 7) is 4.78. The largest absolute Gasteiger partial charge is 0.394 e. The summed E-state index contributed by atoms with van der Waals surface area (Å²) >= 11 is 0. The van der Waals surface area contributed by atoms with E-state index < -0.39 is 35.6 Å². The molecule has 5 N–H and O–H groups in total. The number of rotatable bonds is 3. The molecular weight excluding hydrogens is 334 g/mol. The number of nitrogens with zero attached hydrogens (tertiary/aromatic N) is 4. The van der Waals surface area contributed by atoms with Crippen molar-refractivity contribution in [3.05, 3.63) is 22.6 Å². The summed E-state index contributed by atoms with van der Waals surface area (Å²) in [5, 5.41) is 41.0. The van der Waals surface area contributed by atoms with Crippen LogP contribution >= 0.6 is 0 Å². The number of ether oxygens (including phenoxy) is 1. The molecule has 0 spiro atoms. The highest BCUT2D eigenvalue weighted by atomic mass is 16.6. The molecule has 2 aromatic rings. The second-order valence-electron chi connectivity index (χ2n) is 5.52. The van der Waals surface area contributed by atoms with Crippen LogP contribution in [0.2, 0.25) is 0 Å². The molecule has 4 unspecified atom stereocenters. The maximum Gasteiger partial charge on any atom is 0.300 e. The monoisotopic (exact) mass is 355 g/mol. The molecule has 138 valence electrons. The number of nitrogens with two attached hydrogens (primary N) is 1. The van der Waals surface area contributed by atoms with E-state index in [4.69, 9.17) is 10.5 Å². The van der Waals surface area contributed by atoms with E-state index >= 15 is 0 Å². The van der Waals surface area contributed by atoms with E-state index in [2.05, 4.69) is 9.97 Å². The number of anilines is 1. The lowest BCUT2D eigenvalue weighted by atomic mass is 9.96. The Balaban J connectivity index is 0.00000109. The predicted molar refractivity (Wildman–Crippen MR) is 87.6 cm³/mol. The number of nitrogen functional groups attached to an aromatic ring is 1. The van der Waals surface area contributed by atoms with Crippen molar-refractivity contribution < 1.29 is 25.0 Å².